The molecule has 7 heteroatoms. The lowest BCUT2D eigenvalue weighted by Gasteiger charge is -2.14. The summed E-state index contributed by atoms with van der Waals surface area (Å²) >= 11 is 1.60. The van der Waals surface area contributed by atoms with Crippen molar-refractivity contribution in [1.82, 2.24) is 19.7 Å². The highest BCUT2D eigenvalue weighted by atomic mass is 32.2. The van der Waals surface area contributed by atoms with E-state index in [0.717, 1.165) is 33.5 Å². The van der Waals surface area contributed by atoms with E-state index in [4.69, 9.17) is 9.47 Å². The number of hydrogen-bond acceptors (Lipinski definition) is 6. The molecule has 0 aliphatic heterocycles. The number of methoxy groups -OCH3 is 2. The lowest BCUT2D eigenvalue weighted by Crippen LogP contribution is -2.02. The van der Waals surface area contributed by atoms with Gasteiger partial charge in [-0.1, -0.05) is 36.0 Å². The van der Waals surface area contributed by atoms with Crippen molar-refractivity contribution < 1.29 is 9.47 Å². The number of pyridine rings is 1. The smallest absolute Gasteiger partial charge is 0.196 e. The van der Waals surface area contributed by atoms with Gasteiger partial charge >= 0.3 is 0 Å². The molecule has 0 aliphatic carbocycles. The number of aryl methyl sites for hydroxylation is 1. The zero-order valence-corrected chi connectivity index (χ0v) is 17.9. The summed E-state index contributed by atoms with van der Waals surface area (Å²) < 4.78 is 13.0. The van der Waals surface area contributed by atoms with Crippen molar-refractivity contribution >= 4 is 11.8 Å². The summed E-state index contributed by atoms with van der Waals surface area (Å²) in [5.74, 6) is 2.83. The van der Waals surface area contributed by atoms with E-state index in [-0.39, 0.29) is 0 Å². The SMILES string of the molecule is COc1cc(OC)cc(-c2nnc(SCc3ccccn3)n2-c2ccccc2C)c1. The minimum absolute atomic E-state index is 0.700. The maximum atomic E-state index is 5.45. The van der Waals surface area contributed by atoms with Crippen molar-refractivity contribution in [1.29, 1.82) is 0 Å². The third-order valence-corrected chi connectivity index (χ3v) is 5.64. The van der Waals surface area contributed by atoms with Crippen LogP contribution in [-0.4, -0.2) is 34.0 Å². The molecule has 4 rings (SSSR count). The van der Waals surface area contributed by atoms with Gasteiger partial charge in [-0.15, -0.1) is 10.2 Å². The number of aromatic nitrogens is 4. The molecule has 0 N–H and O–H groups in total. The summed E-state index contributed by atoms with van der Waals surface area (Å²) in [6.45, 7) is 2.08. The van der Waals surface area contributed by atoms with Crippen molar-refractivity contribution in [2.24, 2.45) is 0 Å². The first-order valence-electron chi connectivity index (χ1n) is 9.47. The Morgan fingerprint density at radius 2 is 1.63 bits per heavy atom. The van der Waals surface area contributed by atoms with Gasteiger partial charge in [0, 0.05) is 23.6 Å². The fourth-order valence-corrected chi connectivity index (χ4v) is 4.00. The molecule has 0 fully saturated rings. The second kappa shape index (κ2) is 9.00. The van der Waals surface area contributed by atoms with Crippen LogP contribution in [0.15, 0.2) is 72.0 Å². The molecule has 0 atom stereocenters. The summed E-state index contributed by atoms with van der Waals surface area (Å²) in [7, 11) is 3.28. The van der Waals surface area contributed by atoms with Gasteiger partial charge in [0.2, 0.25) is 0 Å². The number of benzene rings is 2. The van der Waals surface area contributed by atoms with Gasteiger partial charge in [-0.3, -0.25) is 9.55 Å². The Bertz CT molecular complexity index is 1120. The monoisotopic (exact) mass is 418 g/mol. The van der Waals surface area contributed by atoms with Crippen LogP contribution in [-0.2, 0) is 5.75 Å². The molecule has 0 saturated heterocycles. The van der Waals surface area contributed by atoms with E-state index >= 15 is 0 Å². The van der Waals surface area contributed by atoms with Crippen LogP contribution in [0.3, 0.4) is 0 Å². The molecule has 152 valence electrons. The third kappa shape index (κ3) is 4.16. The van der Waals surface area contributed by atoms with Gasteiger partial charge in [-0.05, 0) is 42.8 Å². The fourth-order valence-electron chi connectivity index (χ4n) is 3.14. The molecule has 0 saturated carbocycles. The van der Waals surface area contributed by atoms with Crippen LogP contribution in [0.1, 0.15) is 11.3 Å². The van der Waals surface area contributed by atoms with Gasteiger partial charge in [0.1, 0.15) is 11.5 Å². The highest BCUT2D eigenvalue weighted by Gasteiger charge is 2.19. The van der Waals surface area contributed by atoms with Crippen LogP contribution in [0.2, 0.25) is 0 Å². The number of rotatable bonds is 7. The van der Waals surface area contributed by atoms with E-state index in [0.29, 0.717) is 17.3 Å². The van der Waals surface area contributed by atoms with Crippen molar-refractivity contribution in [3.05, 3.63) is 78.1 Å². The van der Waals surface area contributed by atoms with Gasteiger partial charge < -0.3 is 9.47 Å². The van der Waals surface area contributed by atoms with Crippen molar-refractivity contribution in [3.8, 4) is 28.6 Å². The molecule has 0 aliphatic rings. The number of thioether (sulfide) groups is 1. The Hall–Kier alpha value is -3.32. The minimum Gasteiger partial charge on any atom is -0.497 e. The number of para-hydroxylation sites is 1. The number of hydrogen-bond donors (Lipinski definition) is 0. The van der Waals surface area contributed by atoms with Crippen LogP contribution in [0.5, 0.6) is 11.5 Å². The van der Waals surface area contributed by atoms with Crippen molar-refractivity contribution in [3.63, 3.8) is 0 Å². The van der Waals surface area contributed by atoms with Gasteiger partial charge in [0.25, 0.3) is 0 Å². The first-order valence-corrected chi connectivity index (χ1v) is 10.5. The molecule has 0 amide bonds. The standard InChI is InChI=1S/C23H22N4O2S/c1-16-8-4-5-10-21(16)27-22(17-12-19(28-2)14-20(13-17)29-3)25-26-23(27)30-15-18-9-6-7-11-24-18/h4-14H,15H2,1-3H3. The first kappa shape index (κ1) is 20.0. The minimum atomic E-state index is 0.700. The van der Waals surface area contributed by atoms with E-state index in [2.05, 4.69) is 38.8 Å². The van der Waals surface area contributed by atoms with E-state index in [1.807, 2.05) is 48.5 Å². The topological polar surface area (TPSA) is 62.1 Å². The van der Waals surface area contributed by atoms with Crippen LogP contribution in [0.4, 0.5) is 0 Å². The van der Waals surface area contributed by atoms with Gasteiger partial charge in [0.05, 0.1) is 25.6 Å². The lowest BCUT2D eigenvalue weighted by atomic mass is 10.1. The molecule has 0 unspecified atom stereocenters. The average Bonchev–Trinajstić information content (AvgIpc) is 3.22. The van der Waals surface area contributed by atoms with Crippen LogP contribution in [0.25, 0.3) is 17.1 Å². The lowest BCUT2D eigenvalue weighted by molar-refractivity contribution is 0.394. The molecule has 0 radical (unpaired) electrons. The molecule has 0 spiro atoms. The van der Waals surface area contributed by atoms with Crippen molar-refractivity contribution in [2.45, 2.75) is 17.8 Å². The summed E-state index contributed by atoms with van der Waals surface area (Å²) in [6.07, 6.45) is 1.80. The number of nitrogens with zero attached hydrogens (tertiary/aromatic N) is 4. The largest absolute Gasteiger partial charge is 0.497 e. The Morgan fingerprint density at radius 3 is 2.30 bits per heavy atom. The Morgan fingerprint density at radius 1 is 0.900 bits per heavy atom. The van der Waals surface area contributed by atoms with Gasteiger partial charge in [-0.25, -0.2) is 0 Å². The third-order valence-electron chi connectivity index (χ3n) is 4.67. The predicted molar refractivity (Wildman–Crippen MR) is 118 cm³/mol. The van der Waals surface area contributed by atoms with E-state index < -0.39 is 0 Å². The highest BCUT2D eigenvalue weighted by molar-refractivity contribution is 7.98. The molecule has 4 aromatic rings. The summed E-state index contributed by atoms with van der Waals surface area (Å²) in [4.78, 5) is 4.41. The van der Waals surface area contributed by atoms with Crippen molar-refractivity contribution in [2.75, 3.05) is 14.2 Å². The van der Waals surface area contributed by atoms with Crippen LogP contribution >= 0.6 is 11.8 Å². The van der Waals surface area contributed by atoms with Gasteiger partial charge in [0.15, 0.2) is 11.0 Å². The molecule has 6 nitrogen and oxygen atoms in total. The molecule has 30 heavy (non-hydrogen) atoms. The first-order chi connectivity index (χ1) is 14.7. The second-order valence-corrected chi connectivity index (χ2v) is 7.58. The van der Waals surface area contributed by atoms with E-state index in [1.54, 1.807) is 32.2 Å². The molecular formula is C23H22N4O2S. The van der Waals surface area contributed by atoms with Crippen LogP contribution in [0, 0.1) is 6.92 Å². The maximum absolute atomic E-state index is 5.45. The zero-order valence-electron chi connectivity index (χ0n) is 17.1. The molecule has 2 heterocycles. The molecule has 2 aromatic heterocycles. The highest BCUT2D eigenvalue weighted by Crippen LogP contribution is 2.34. The normalized spacial score (nSPS) is 10.8. The predicted octanol–water partition coefficient (Wildman–Crippen LogP) is 4.95. The number of ether oxygens (including phenoxy) is 2. The Labute approximate surface area is 179 Å². The summed E-state index contributed by atoms with van der Waals surface area (Å²) in [5.41, 5.74) is 4.02. The summed E-state index contributed by atoms with van der Waals surface area (Å²) in [6, 6.07) is 19.8. The fraction of sp³-hybridized carbons (Fsp3) is 0.174. The Balaban J connectivity index is 1.81. The molecular weight excluding hydrogens is 396 g/mol. The maximum Gasteiger partial charge on any atom is 0.196 e. The average molecular weight is 419 g/mol. The van der Waals surface area contributed by atoms with E-state index in [1.165, 1.54) is 0 Å². The molecule has 0 bridgehead atoms. The van der Waals surface area contributed by atoms with E-state index in [9.17, 15) is 0 Å². The van der Waals surface area contributed by atoms with Gasteiger partial charge in [-0.2, -0.15) is 0 Å². The molecule has 2 aromatic carbocycles. The summed E-state index contributed by atoms with van der Waals surface area (Å²) in [5, 5.41) is 9.83. The zero-order chi connectivity index (χ0) is 20.9. The second-order valence-electron chi connectivity index (χ2n) is 6.64. The quantitative estimate of drug-likeness (QED) is 0.396. The van der Waals surface area contributed by atoms with Crippen LogP contribution < -0.4 is 9.47 Å². The Kier molecular flexibility index (Phi) is 5.99.